The summed E-state index contributed by atoms with van der Waals surface area (Å²) in [5.41, 5.74) is 0. The van der Waals surface area contributed by atoms with Crippen molar-refractivity contribution in [3.8, 4) is 0 Å². The van der Waals surface area contributed by atoms with E-state index in [1.807, 2.05) is 0 Å². The lowest BCUT2D eigenvalue weighted by molar-refractivity contribution is -0.135. The van der Waals surface area contributed by atoms with Crippen LogP contribution in [0.4, 0.5) is 0 Å². The Labute approximate surface area is 84.5 Å². The fourth-order valence-corrected chi connectivity index (χ4v) is 2.76. The predicted molar refractivity (Wildman–Crippen MR) is 43.9 cm³/mol. The lowest BCUT2D eigenvalue weighted by atomic mass is 10.8. The molecule has 0 bridgehead atoms. The van der Waals surface area contributed by atoms with Crippen molar-refractivity contribution in [1.82, 2.24) is 0 Å². The third kappa shape index (κ3) is 6.82. The molecule has 0 saturated heterocycles. The first kappa shape index (κ1) is 13.8. The van der Waals surface area contributed by atoms with E-state index in [1.54, 1.807) is 0 Å². The van der Waals surface area contributed by atoms with Crippen LogP contribution in [-0.2, 0) is 33.5 Å². The molecule has 0 saturated carbocycles. The number of rotatable bonds is 6. The van der Waals surface area contributed by atoms with Crippen LogP contribution in [0, 0.1) is 0 Å². The molecule has 0 fully saturated rings. The molecule has 2 N–H and O–H groups in total. The number of carboxylic acids is 2. The number of carbonyl (C=O) groups is 2. The van der Waals surface area contributed by atoms with Crippen LogP contribution in [-0.4, -0.2) is 50.5 Å². The van der Waals surface area contributed by atoms with Crippen LogP contribution in [0.5, 0.6) is 0 Å². The van der Waals surface area contributed by atoms with Crippen LogP contribution >= 0.6 is 0 Å². The molecule has 0 spiro atoms. The van der Waals surface area contributed by atoms with Crippen LogP contribution in [0.25, 0.3) is 0 Å². The standard InChI is InChI=1S/C4H6O9S2/c5-3(6)1-14(9,10)13-15(11,12)2-4(7)8/h1-2H2,(H,5,6)(H,7,8). The first-order valence-electron chi connectivity index (χ1n) is 3.14. The highest BCUT2D eigenvalue weighted by molar-refractivity contribution is 8.00. The number of aliphatic carboxylic acids is 2. The van der Waals surface area contributed by atoms with Crippen molar-refractivity contribution in [2.45, 2.75) is 0 Å². The van der Waals surface area contributed by atoms with Gasteiger partial charge < -0.3 is 10.2 Å². The van der Waals surface area contributed by atoms with E-state index in [4.69, 9.17) is 10.2 Å². The first-order chi connectivity index (χ1) is 6.54. The van der Waals surface area contributed by atoms with Crippen molar-refractivity contribution in [2.75, 3.05) is 11.5 Å². The molecule has 88 valence electrons. The monoisotopic (exact) mass is 262 g/mol. The minimum atomic E-state index is -4.83. The fourth-order valence-electron chi connectivity index (χ4n) is 0.509. The van der Waals surface area contributed by atoms with Gasteiger partial charge in [-0.15, -0.1) is 3.63 Å². The van der Waals surface area contributed by atoms with Crippen molar-refractivity contribution >= 4 is 32.2 Å². The van der Waals surface area contributed by atoms with Crippen LogP contribution in [0.3, 0.4) is 0 Å². The smallest absolute Gasteiger partial charge is 0.321 e. The summed E-state index contributed by atoms with van der Waals surface area (Å²) in [4.78, 5) is 19.9. The van der Waals surface area contributed by atoms with Crippen molar-refractivity contribution in [3.05, 3.63) is 0 Å². The zero-order chi connectivity index (χ0) is 12.3. The lowest BCUT2D eigenvalue weighted by Gasteiger charge is -2.01. The molecule has 15 heavy (non-hydrogen) atoms. The van der Waals surface area contributed by atoms with Gasteiger partial charge in [-0.25, -0.2) is 0 Å². The molecule has 0 aliphatic heterocycles. The summed E-state index contributed by atoms with van der Waals surface area (Å²) in [5.74, 6) is -6.77. The van der Waals surface area contributed by atoms with E-state index in [0.717, 1.165) is 0 Å². The Morgan fingerprint density at radius 1 is 0.867 bits per heavy atom. The van der Waals surface area contributed by atoms with Gasteiger partial charge in [-0.05, 0) is 0 Å². The molecule has 9 nitrogen and oxygen atoms in total. The highest BCUT2D eigenvalue weighted by Crippen LogP contribution is 2.02. The lowest BCUT2D eigenvalue weighted by Crippen LogP contribution is -2.25. The van der Waals surface area contributed by atoms with Crippen molar-refractivity contribution < 1.29 is 40.3 Å². The second kappa shape index (κ2) is 4.55. The van der Waals surface area contributed by atoms with E-state index in [-0.39, 0.29) is 0 Å². The number of hydrogen-bond donors (Lipinski definition) is 2. The van der Waals surface area contributed by atoms with E-state index in [1.165, 1.54) is 0 Å². The molecule has 0 aromatic heterocycles. The van der Waals surface area contributed by atoms with Crippen LogP contribution in [0.2, 0.25) is 0 Å². The third-order valence-corrected chi connectivity index (χ3v) is 3.67. The Morgan fingerprint density at radius 2 is 1.13 bits per heavy atom. The summed E-state index contributed by atoms with van der Waals surface area (Å²) in [7, 11) is -9.67. The van der Waals surface area contributed by atoms with Gasteiger partial charge in [-0.2, -0.15) is 16.8 Å². The van der Waals surface area contributed by atoms with Crippen LogP contribution < -0.4 is 0 Å². The molecule has 0 unspecified atom stereocenters. The average Bonchev–Trinajstić information content (AvgIpc) is 1.73. The Bertz CT molecular complexity index is 410. The van der Waals surface area contributed by atoms with E-state index >= 15 is 0 Å². The normalized spacial score (nSPS) is 12.3. The number of hydrogen-bond acceptors (Lipinski definition) is 7. The van der Waals surface area contributed by atoms with Gasteiger partial charge in [0.1, 0.15) is 0 Å². The molecule has 0 atom stereocenters. The topological polar surface area (TPSA) is 152 Å². The molecular formula is C4H6O9S2. The molecular weight excluding hydrogens is 256 g/mol. The van der Waals surface area contributed by atoms with Gasteiger partial charge in [0, 0.05) is 0 Å². The van der Waals surface area contributed by atoms with Crippen LogP contribution in [0.1, 0.15) is 0 Å². The van der Waals surface area contributed by atoms with Gasteiger partial charge in [-0.3, -0.25) is 9.59 Å². The van der Waals surface area contributed by atoms with Gasteiger partial charge in [0.15, 0.2) is 11.5 Å². The summed E-state index contributed by atoms with van der Waals surface area (Å²) in [5, 5.41) is 16.1. The molecule has 11 heteroatoms. The minimum Gasteiger partial charge on any atom is -0.480 e. The molecule has 0 aromatic carbocycles. The summed E-state index contributed by atoms with van der Waals surface area (Å²) < 4.78 is 46.1. The van der Waals surface area contributed by atoms with E-state index in [0.29, 0.717) is 0 Å². The van der Waals surface area contributed by atoms with E-state index in [9.17, 15) is 26.4 Å². The predicted octanol–water partition coefficient (Wildman–Crippen LogP) is -2.17. The summed E-state index contributed by atoms with van der Waals surface area (Å²) in [6.07, 6.45) is 0. The maximum atomic E-state index is 10.7. The Kier molecular flexibility index (Phi) is 4.18. The molecule has 0 radical (unpaired) electrons. The largest absolute Gasteiger partial charge is 0.480 e. The molecule has 0 amide bonds. The van der Waals surface area contributed by atoms with Crippen molar-refractivity contribution in [1.29, 1.82) is 0 Å². The van der Waals surface area contributed by atoms with Crippen molar-refractivity contribution in [2.24, 2.45) is 0 Å². The Morgan fingerprint density at radius 3 is 1.33 bits per heavy atom. The summed E-state index contributed by atoms with van der Waals surface area (Å²) in [6, 6.07) is 0. The first-order valence-corrected chi connectivity index (χ1v) is 6.29. The van der Waals surface area contributed by atoms with Gasteiger partial charge in [0.25, 0.3) is 20.2 Å². The molecule has 0 aliphatic rings. The van der Waals surface area contributed by atoms with Crippen LogP contribution in [0.15, 0.2) is 0 Å². The highest BCUT2D eigenvalue weighted by Gasteiger charge is 2.27. The zero-order valence-electron chi connectivity index (χ0n) is 6.98. The number of carboxylic acid groups (broad SMARTS) is 2. The minimum absolute atomic E-state index is 1.56. The maximum absolute atomic E-state index is 10.7. The molecule has 0 aromatic rings. The SMILES string of the molecule is O=C(O)CS(=O)(=O)OS(=O)(=O)CC(=O)O. The zero-order valence-corrected chi connectivity index (χ0v) is 8.62. The Balaban J connectivity index is 4.74. The fraction of sp³-hybridized carbons (Fsp3) is 0.500. The summed E-state index contributed by atoms with van der Waals surface area (Å²) >= 11 is 0. The maximum Gasteiger partial charge on any atom is 0.321 e. The second-order valence-corrected chi connectivity index (χ2v) is 5.61. The van der Waals surface area contributed by atoms with Gasteiger partial charge in [-0.1, -0.05) is 0 Å². The van der Waals surface area contributed by atoms with E-state index in [2.05, 4.69) is 3.63 Å². The summed E-state index contributed by atoms with van der Waals surface area (Å²) in [6.45, 7) is 0. The second-order valence-electron chi connectivity index (χ2n) is 2.26. The average molecular weight is 262 g/mol. The van der Waals surface area contributed by atoms with Gasteiger partial charge in [0.2, 0.25) is 0 Å². The highest BCUT2D eigenvalue weighted by atomic mass is 32.3. The van der Waals surface area contributed by atoms with Gasteiger partial charge >= 0.3 is 11.9 Å². The van der Waals surface area contributed by atoms with Gasteiger partial charge in [0.05, 0.1) is 0 Å². The molecule has 0 heterocycles. The van der Waals surface area contributed by atoms with Crippen molar-refractivity contribution in [3.63, 3.8) is 0 Å². The molecule has 0 aliphatic carbocycles. The quantitative estimate of drug-likeness (QED) is 0.544. The van der Waals surface area contributed by atoms with E-state index < -0.39 is 43.7 Å². The molecule has 0 rings (SSSR count). The Hall–Kier alpha value is -1.20. The third-order valence-electron chi connectivity index (χ3n) is 0.808.